The monoisotopic (exact) mass is 511 g/mol. The molecule has 0 spiro atoms. The number of amides is 1. The van der Waals surface area contributed by atoms with Gasteiger partial charge in [0.1, 0.15) is 27.6 Å². The number of nitriles is 1. The average Bonchev–Trinajstić information content (AvgIpc) is 3.11. The Bertz CT molecular complexity index is 1310. The summed E-state index contributed by atoms with van der Waals surface area (Å²) < 4.78 is 15.3. The predicted molar refractivity (Wildman–Crippen MR) is 142 cm³/mol. The van der Waals surface area contributed by atoms with E-state index in [1.165, 1.54) is 28.5 Å². The zero-order valence-electron chi connectivity index (χ0n) is 19.9. The lowest BCUT2D eigenvalue weighted by Crippen LogP contribution is -2.48. The van der Waals surface area contributed by atoms with Crippen LogP contribution in [-0.4, -0.2) is 52.4 Å². The number of hydrogen-bond donors (Lipinski definition) is 0. The molecular weight excluding hydrogens is 485 g/mol. The van der Waals surface area contributed by atoms with E-state index in [4.69, 9.17) is 12.2 Å². The summed E-state index contributed by atoms with van der Waals surface area (Å²) >= 11 is 6.65. The van der Waals surface area contributed by atoms with E-state index in [1.807, 2.05) is 13.0 Å². The fourth-order valence-electron chi connectivity index (χ4n) is 4.47. The lowest BCUT2D eigenvalue weighted by Gasteiger charge is -2.38. The summed E-state index contributed by atoms with van der Waals surface area (Å²) in [6.07, 6.45) is 2.56. The van der Waals surface area contributed by atoms with Crippen molar-refractivity contribution in [3.8, 4) is 6.07 Å². The number of nitrogens with zero attached hydrogens (tertiary/aromatic N) is 5. The van der Waals surface area contributed by atoms with Crippen molar-refractivity contribution >= 4 is 51.8 Å². The van der Waals surface area contributed by atoms with E-state index in [0.717, 1.165) is 12.1 Å². The molecule has 0 bridgehead atoms. The molecule has 0 saturated carbocycles. The molecule has 2 aliphatic rings. The number of anilines is 2. The molecule has 1 amide bonds. The molecule has 4 rings (SSSR count). The maximum Gasteiger partial charge on any atom is 0.270 e. The van der Waals surface area contributed by atoms with Crippen LogP contribution in [0.4, 0.5) is 15.9 Å². The maximum absolute atomic E-state index is 13.3. The number of pyridine rings is 1. The third-order valence-electron chi connectivity index (χ3n) is 6.34. The quantitative estimate of drug-likeness (QED) is 0.448. The van der Waals surface area contributed by atoms with Crippen molar-refractivity contribution in [2.75, 3.05) is 42.5 Å². The van der Waals surface area contributed by atoms with Crippen molar-refractivity contribution in [3.05, 3.63) is 62.0 Å². The molecule has 0 atom stereocenters. The van der Waals surface area contributed by atoms with Gasteiger partial charge in [-0.3, -0.25) is 19.1 Å². The molecule has 1 aromatic carbocycles. The molecule has 2 aliphatic heterocycles. The van der Waals surface area contributed by atoms with Crippen LogP contribution in [0, 0.1) is 24.1 Å². The Balaban J connectivity index is 1.72. The lowest BCUT2D eigenvalue weighted by molar-refractivity contribution is -0.122. The van der Waals surface area contributed by atoms with Crippen molar-refractivity contribution in [3.63, 3.8) is 0 Å². The minimum Gasteiger partial charge on any atom is -0.368 e. The fourth-order valence-corrected chi connectivity index (χ4v) is 5.76. The number of benzene rings is 1. The molecule has 182 valence electrons. The van der Waals surface area contributed by atoms with Gasteiger partial charge in [0.05, 0.1) is 4.91 Å². The van der Waals surface area contributed by atoms with Crippen molar-refractivity contribution < 1.29 is 9.18 Å². The maximum atomic E-state index is 13.3. The lowest BCUT2D eigenvalue weighted by atomic mass is 10.0. The second-order valence-corrected chi connectivity index (χ2v) is 10.2. The molecule has 2 saturated heterocycles. The standard InChI is InChI=1S/C25H26FN5O2S2/c1-4-9-31-24(33)21(35-25(31)34)14-19-16(2)20(15-27)23(32)28(3)22(19)30-12-10-29(11-13-30)18-7-5-17(26)6-8-18/h5-8,14H,4,9-13H2,1-3H3. The molecule has 2 aromatic rings. The van der Waals surface area contributed by atoms with Gasteiger partial charge in [0.25, 0.3) is 11.5 Å². The molecule has 35 heavy (non-hydrogen) atoms. The van der Waals surface area contributed by atoms with Crippen LogP contribution in [0.25, 0.3) is 6.08 Å². The van der Waals surface area contributed by atoms with Crippen LogP contribution >= 0.6 is 24.0 Å². The van der Waals surface area contributed by atoms with Gasteiger partial charge in [0, 0.05) is 51.0 Å². The minimum absolute atomic E-state index is 0.0662. The van der Waals surface area contributed by atoms with Gasteiger partial charge < -0.3 is 9.80 Å². The third kappa shape index (κ3) is 4.70. The van der Waals surface area contributed by atoms with Crippen molar-refractivity contribution in [2.24, 2.45) is 7.05 Å². The Morgan fingerprint density at radius 1 is 1.14 bits per heavy atom. The fraction of sp³-hybridized carbons (Fsp3) is 0.360. The highest BCUT2D eigenvalue weighted by Crippen LogP contribution is 2.36. The van der Waals surface area contributed by atoms with E-state index in [1.54, 1.807) is 37.1 Å². The van der Waals surface area contributed by atoms with Gasteiger partial charge in [0.15, 0.2) is 0 Å². The summed E-state index contributed by atoms with van der Waals surface area (Å²) in [7, 11) is 1.66. The molecule has 10 heteroatoms. The summed E-state index contributed by atoms with van der Waals surface area (Å²) in [5, 5.41) is 9.66. The number of piperazine rings is 1. The highest BCUT2D eigenvalue weighted by atomic mass is 32.2. The van der Waals surface area contributed by atoms with Crippen LogP contribution in [0.1, 0.15) is 30.0 Å². The first-order valence-electron chi connectivity index (χ1n) is 11.4. The number of aromatic nitrogens is 1. The first kappa shape index (κ1) is 24.9. The van der Waals surface area contributed by atoms with Crippen LogP contribution in [0.2, 0.25) is 0 Å². The predicted octanol–water partition coefficient (Wildman–Crippen LogP) is 3.64. The second kappa shape index (κ2) is 10.2. The number of hydrogen-bond acceptors (Lipinski definition) is 7. The highest BCUT2D eigenvalue weighted by Gasteiger charge is 2.33. The zero-order chi connectivity index (χ0) is 25.3. The summed E-state index contributed by atoms with van der Waals surface area (Å²) in [5.41, 5.74) is 1.87. The first-order chi connectivity index (χ1) is 16.8. The first-order valence-corrected chi connectivity index (χ1v) is 12.6. The van der Waals surface area contributed by atoms with Gasteiger partial charge in [-0.1, -0.05) is 30.9 Å². The van der Waals surface area contributed by atoms with Crippen molar-refractivity contribution in [1.82, 2.24) is 9.47 Å². The van der Waals surface area contributed by atoms with E-state index in [9.17, 15) is 19.2 Å². The van der Waals surface area contributed by atoms with E-state index in [2.05, 4.69) is 9.80 Å². The summed E-state index contributed by atoms with van der Waals surface area (Å²) in [5.74, 6) is 0.246. The van der Waals surface area contributed by atoms with Crippen LogP contribution in [0.15, 0.2) is 34.0 Å². The minimum atomic E-state index is -0.364. The van der Waals surface area contributed by atoms with Crippen molar-refractivity contribution in [1.29, 1.82) is 5.26 Å². The molecule has 1 aromatic heterocycles. The highest BCUT2D eigenvalue weighted by molar-refractivity contribution is 8.26. The number of carbonyl (C=O) groups is 1. The van der Waals surface area contributed by atoms with Crippen LogP contribution in [0.3, 0.4) is 0 Å². The normalized spacial score (nSPS) is 17.5. The van der Waals surface area contributed by atoms with Gasteiger partial charge in [-0.05, 0) is 49.2 Å². The molecule has 0 unspecified atom stereocenters. The van der Waals surface area contributed by atoms with E-state index in [-0.39, 0.29) is 22.8 Å². The Morgan fingerprint density at radius 3 is 2.37 bits per heavy atom. The van der Waals surface area contributed by atoms with Gasteiger partial charge >= 0.3 is 0 Å². The van der Waals surface area contributed by atoms with Gasteiger partial charge in [0.2, 0.25) is 0 Å². The van der Waals surface area contributed by atoms with Gasteiger partial charge in [-0.2, -0.15) is 5.26 Å². The Hall–Kier alpha value is -3.16. The van der Waals surface area contributed by atoms with E-state index >= 15 is 0 Å². The molecular formula is C25H26FN5O2S2. The summed E-state index contributed by atoms with van der Waals surface area (Å²) in [4.78, 5) is 32.4. The van der Waals surface area contributed by atoms with Crippen LogP contribution in [-0.2, 0) is 11.8 Å². The molecule has 2 fully saturated rings. The molecule has 3 heterocycles. The Morgan fingerprint density at radius 2 is 1.77 bits per heavy atom. The number of carbonyl (C=O) groups excluding carboxylic acids is 1. The Labute approximate surface area is 213 Å². The zero-order valence-corrected chi connectivity index (χ0v) is 21.5. The van der Waals surface area contributed by atoms with E-state index in [0.29, 0.717) is 58.9 Å². The molecule has 0 radical (unpaired) electrons. The van der Waals surface area contributed by atoms with Crippen molar-refractivity contribution in [2.45, 2.75) is 20.3 Å². The largest absolute Gasteiger partial charge is 0.368 e. The van der Waals surface area contributed by atoms with Gasteiger partial charge in [-0.25, -0.2) is 4.39 Å². The number of rotatable bonds is 5. The Kier molecular flexibility index (Phi) is 7.28. The smallest absolute Gasteiger partial charge is 0.270 e. The SMILES string of the molecule is CCCN1C(=O)C(=Cc2c(C)c(C#N)c(=O)n(C)c2N2CCN(c3ccc(F)cc3)CC2)SC1=S. The molecule has 0 aliphatic carbocycles. The van der Waals surface area contributed by atoms with Crippen LogP contribution < -0.4 is 15.4 Å². The molecule has 7 nitrogen and oxygen atoms in total. The topological polar surface area (TPSA) is 72.6 Å². The average molecular weight is 512 g/mol. The second-order valence-electron chi connectivity index (χ2n) is 8.50. The summed E-state index contributed by atoms with van der Waals surface area (Å²) in [6, 6.07) is 8.45. The number of thioether (sulfide) groups is 1. The van der Waals surface area contributed by atoms with E-state index < -0.39 is 0 Å². The summed E-state index contributed by atoms with van der Waals surface area (Å²) in [6.45, 7) is 6.88. The van der Waals surface area contributed by atoms with Gasteiger partial charge in [-0.15, -0.1) is 0 Å². The number of thiocarbonyl (C=S) groups is 1. The number of halogens is 1. The molecule has 0 N–H and O–H groups in total. The third-order valence-corrected chi connectivity index (χ3v) is 7.71. The van der Waals surface area contributed by atoms with Crippen LogP contribution in [0.5, 0.6) is 0 Å².